The van der Waals surface area contributed by atoms with Gasteiger partial charge >= 0.3 is 5.97 Å². The molecule has 0 saturated heterocycles. The number of unbranched alkanes of at least 4 members (excludes halogenated alkanes) is 8. The van der Waals surface area contributed by atoms with E-state index in [4.69, 9.17) is 5.11 Å². The van der Waals surface area contributed by atoms with Crippen molar-refractivity contribution in [3.8, 4) is 0 Å². The van der Waals surface area contributed by atoms with Crippen LogP contribution in [0.25, 0.3) is 0 Å². The maximum atomic E-state index is 10.9. The number of hydrogen-bond donors (Lipinski definition) is 1. The molecule has 0 aliphatic carbocycles. The van der Waals surface area contributed by atoms with E-state index in [1.54, 1.807) is 0 Å². The second-order valence-electron chi connectivity index (χ2n) is 5.82. The molecule has 0 rings (SSSR count). The number of carboxylic acid groups (broad SMARTS) is 1. The van der Waals surface area contributed by atoms with Gasteiger partial charge in [0.15, 0.2) is 0 Å². The molecule has 0 heterocycles. The molecule has 5 heteroatoms. The number of hydrogen-bond acceptors (Lipinski definition) is 3. The molecule has 0 amide bonds. The predicted molar refractivity (Wildman–Crippen MR) is 90.6 cm³/mol. The van der Waals surface area contributed by atoms with E-state index in [9.17, 15) is 13.6 Å². The van der Waals surface area contributed by atoms with Crippen molar-refractivity contribution in [1.82, 2.24) is 0 Å². The normalized spacial score (nSPS) is 13.3. The molecule has 0 aromatic heterocycles. The summed E-state index contributed by atoms with van der Waals surface area (Å²) in [6.45, 7) is 2.18. The summed E-state index contributed by atoms with van der Waals surface area (Å²) in [5.41, 5.74) is 1.04. The average Bonchev–Trinajstić information content (AvgIpc) is 2.44. The molecule has 1 unspecified atom stereocenters. The summed E-state index contributed by atoms with van der Waals surface area (Å²) in [7, 11) is 0. The number of carbonyl (C=O) groups is 1. The van der Waals surface area contributed by atoms with Crippen LogP contribution in [0.1, 0.15) is 84.0 Å². The third-order valence-corrected chi connectivity index (χ3v) is 4.29. The van der Waals surface area contributed by atoms with E-state index in [0.717, 1.165) is 56.9 Å². The van der Waals surface area contributed by atoms with Gasteiger partial charge in [-0.3, -0.25) is 9.00 Å². The summed E-state index contributed by atoms with van der Waals surface area (Å²) in [6, 6.07) is 0. The first kappa shape index (κ1) is 21.3. The highest BCUT2D eigenvalue weighted by molar-refractivity contribution is 7.79. The molecule has 0 saturated carbocycles. The Morgan fingerprint density at radius 2 is 1.59 bits per heavy atom. The van der Waals surface area contributed by atoms with Crippen molar-refractivity contribution in [3.05, 3.63) is 11.6 Å². The quantitative estimate of drug-likeness (QED) is 0.271. The monoisotopic (exact) mass is 331 g/mol. The molecular weight excluding hydrogens is 300 g/mol. The first-order chi connectivity index (χ1) is 10.6. The lowest BCUT2D eigenvalue weighted by atomic mass is 10.0. The van der Waals surface area contributed by atoms with E-state index in [1.807, 2.05) is 0 Å². The Hall–Kier alpha value is -0.680. The Balaban J connectivity index is 3.81. The summed E-state index contributed by atoms with van der Waals surface area (Å²) >= 11 is -2.00. The van der Waals surface area contributed by atoms with Crippen LogP contribution >= 0.6 is 0 Å². The average molecular weight is 331 g/mol. The van der Waals surface area contributed by atoms with Gasteiger partial charge in [-0.25, -0.2) is 0 Å². The van der Waals surface area contributed by atoms with E-state index >= 15 is 0 Å². The van der Waals surface area contributed by atoms with Crippen LogP contribution in [0, 0.1) is 0 Å². The maximum Gasteiger partial charge on any atom is 0.303 e. The standard InChI is InChI=1S/C17H32O4S/c1-2-3-4-6-9-12-16(15-22(20)21)13-10-7-5-8-11-14-17(18)19/h12H,2-11,13-15H2,1H3,(H,18,19)(H,20,21)/p-1/b16-12+. The predicted octanol–water partition coefficient (Wildman–Crippen LogP) is 4.58. The first-order valence-electron chi connectivity index (χ1n) is 8.51. The second-order valence-corrected chi connectivity index (χ2v) is 6.72. The molecule has 22 heavy (non-hydrogen) atoms. The van der Waals surface area contributed by atoms with Crippen LogP contribution in [-0.4, -0.2) is 25.6 Å². The summed E-state index contributed by atoms with van der Waals surface area (Å²) in [5.74, 6) is -0.571. The van der Waals surface area contributed by atoms with Crippen LogP contribution in [0.15, 0.2) is 11.6 Å². The van der Waals surface area contributed by atoms with Gasteiger partial charge in [0, 0.05) is 12.2 Å². The summed E-state index contributed by atoms with van der Waals surface area (Å²) in [5, 5.41) is 8.54. The fourth-order valence-corrected chi connectivity index (χ4v) is 2.99. The van der Waals surface area contributed by atoms with Gasteiger partial charge in [0.1, 0.15) is 0 Å². The Kier molecular flexibility index (Phi) is 14.8. The van der Waals surface area contributed by atoms with Gasteiger partial charge in [-0.05, 0) is 32.1 Å². The molecule has 1 N–H and O–H groups in total. The SMILES string of the molecule is CCCCCC/C=C(\CCCCCCCC(=O)O)CS(=O)[O-]. The largest absolute Gasteiger partial charge is 0.772 e. The number of aliphatic carboxylic acids is 1. The molecule has 0 aromatic carbocycles. The zero-order valence-corrected chi connectivity index (χ0v) is 14.7. The molecule has 0 bridgehead atoms. The first-order valence-corrected chi connectivity index (χ1v) is 9.76. The van der Waals surface area contributed by atoms with Gasteiger partial charge in [0.2, 0.25) is 0 Å². The zero-order valence-electron chi connectivity index (χ0n) is 13.8. The molecule has 0 aliphatic rings. The number of allylic oxidation sites excluding steroid dienone is 1. The van der Waals surface area contributed by atoms with Gasteiger partial charge < -0.3 is 9.66 Å². The molecule has 0 fully saturated rings. The smallest absolute Gasteiger partial charge is 0.303 e. The lowest BCUT2D eigenvalue weighted by Crippen LogP contribution is -2.00. The van der Waals surface area contributed by atoms with Crippen molar-refractivity contribution in [2.45, 2.75) is 84.0 Å². The number of rotatable bonds is 15. The lowest BCUT2D eigenvalue weighted by Gasteiger charge is -2.10. The zero-order chi connectivity index (χ0) is 16.6. The third-order valence-electron chi connectivity index (χ3n) is 3.68. The highest BCUT2D eigenvalue weighted by Crippen LogP contribution is 2.14. The van der Waals surface area contributed by atoms with Crippen molar-refractivity contribution >= 4 is 17.0 Å². The maximum absolute atomic E-state index is 10.9. The van der Waals surface area contributed by atoms with Gasteiger partial charge in [-0.15, -0.1) is 0 Å². The van der Waals surface area contributed by atoms with Crippen LogP contribution in [0.3, 0.4) is 0 Å². The minimum atomic E-state index is -2.00. The van der Waals surface area contributed by atoms with E-state index in [1.165, 1.54) is 19.3 Å². The Bertz CT molecular complexity index is 340. The minimum absolute atomic E-state index is 0.160. The summed E-state index contributed by atoms with van der Waals surface area (Å²) in [6.07, 6.45) is 13.7. The van der Waals surface area contributed by atoms with Crippen molar-refractivity contribution in [2.75, 3.05) is 5.75 Å². The minimum Gasteiger partial charge on any atom is -0.772 e. The molecule has 0 aliphatic heterocycles. The van der Waals surface area contributed by atoms with E-state index < -0.39 is 17.0 Å². The van der Waals surface area contributed by atoms with Crippen LogP contribution < -0.4 is 0 Å². The number of carboxylic acids is 1. The van der Waals surface area contributed by atoms with Crippen molar-refractivity contribution in [1.29, 1.82) is 0 Å². The van der Waals surface area contributed by atoms with Crippen LogP contribution in [0.2, 0.25) is 0 Å². The van der Waals surface area contributed by atoms with Gasteiger partial charge in [-0.2, -0.15) is 0 Å². The van der Waals surface area contributed by atoms with Crippen LogP contribution in [0.5, 0.6) is 0 Å². The van der Waals surface area contributed by atoms with Crippen molar-refractivity contribution in [3.63, 3.8) is 0 Å². The second kappa shape index (κ2) is 15.2. The molecular formula is C17H31O4S-. The molecule has 0 aromatic rings. The molecule has 4 nitrogen and oxygen atoms in total. The molecule has 1 atom stereocenters. The van der Waals surface area contributed by atoms with Crippen molar-refractivity contribution in [2.24, 2.45) is 0 Å². The van der Waals surface area contributed by atoms with Gasteiger partial charge in [-0.1, -0.05) is 68.2 Å². The Morgan fingerprint density at radius 1 is 1.00 bits per heavy atom. The van der Waals surface area contributed by atoms with Crippen LogP contribution in [0.4, 0.5) is 0 Å². The van der Waals surface area contributed by atoms with Gasteiger partial charge in [0.25, 0.3) is 0 Å². The van der Waals surface area contributed by atoms with Crippen molar-refractivity contribution < 1.29 is 18.7 Å². The van der Waals surface area contributed by atoms with E-state index in [0.29, 0.717) is 0 Å². The summed E-state index contributed by atoms with van der Waals surface area (Å²) in [4.78, 5) is 10.4. The lowest BCUT2D eigenvalue weighted by molar-refractivity contribution is -0.137. The van der Waals surface area contributed by atoms with Gasteiger partial charge in [0.05, 0.1) is 0 Å². The summed E-state index contributed by atoms with van der Waals surface area (Å²) < 4.78 is 21.8. The molecule has 0 spiro atoms. The Morgan fingerprint density at radius 3 is 2.18 bits per heavy atom. The fraction of sp³-hybridized carbons (Fsp3) is 0.824. The third kappa shape index (κ3) is 15.7. The van der Waals surface area contributed by atoms with E-state index in [2.05, 4.69) is 13.0 Å². The highest BCUT2D eigenvalue weighted by Gasteiger charge is 2.00. The highest BCUT2D eigenvalue weighted by atomic mass is 32.2. The van der Waals surface area contributed by atoms with Crippen LogP contribution in [-0.2, 0) is 15.9 Å². The fourth-order valence-electron chi connectivity index (χ4n) is 2.42. The topological polar surface area (TPSA) is 77.4 Å². The molecule has 0 radical (unpaired) electrons. The molecule has 130 valence electrons. The van der Waals surface area contributed by atoms with E-state index in [-0.39, 0.29) is 12.2 Å². The Labute approximate surface area is 137 Å².